The van der Waals surface area contributed by atoms with Crippen LogP contribution in [0.15, 0.2) is 43.1 Å². The van der Waals surface area contributed by atoms with Gasteiger partial charge in [-0.25, -0.2) is 9.97 Å². The van der Waals surface area contributed by atoms with Crippen LogP contribution in [0.5, 0.6) is 0 Å². The Morgan fingerprint density at radius 2 is 1.81 bits per heavy atom. The normalized spacial score (nSPS) is 18.7. The lowest BCUT2D eigenvalue weighted by Gasteiger charge is -2.54. The van der Waals surface area contributed by atoms with Crippen LogP contribution in [0.25, 0.3) is 39.0 Å². The molecule has 1 spiro atoms. The quantitative estimate of drug-likeness (QED) is 0.188. The predicted molar refractivity (Wildman–Crippen MR) is 201 cm³/mol. The number of carbonyl (C=O) groups is 1. The van der Waals surface area contributed by atoms with Crippen molar-refractivity contribution in [2.24, 2.45) is 5.41 Å². The first kappa shape index (κ1) is 36.1. The summed E-state index contributed by atoms with van der Waals surface area (Å²) in [4.78, 5) is 31.9. The van der Waals surface area contributed by atoms with Crippen LogP contribution in [-0.4, -0.2) is 114 Å². The number of fused-ring (bicyclic) bond motifs is 2. The number of alkyl halides is 3. The maximum atomic E-state index is 14.1. The molecule has 5 heterocycles. The fourth-order valence-electron chi connectivity index (χ4n) is 8.37. The van der Waals surface area contributed by atoms with E-state index in [4.69, 9.17) is 9.97 Å². The predicted octanol–water partition coefficient (Wildman–Crippen LogP) is 6.98. The number of rotatable bonds is 9. The first-order valence-electron chi connectivity index (χ1n) is 18.4. The summed E-state index contributed by atoms with van der Waals surface area (Å²) in [6, 6.07) is 5.97. The van der Waals surface area contributed by atoms with Gasteiger partial charge in [-0.3, -0.25) is 9.89 Å². The lowest BCUT2D eigenvalue weighted by Crippen LogP contribution is -2.61. The van der Waals surface area contributed by atoms with Crippen LogP contribution in [0.2, 0.25) is 0 Å². The summed E-state index contributed by atoms with van der Waals surface area (Å²) in [5.74, 6) is 1.66. The number of hydrogen-bond donors (Lipinski definition) is 1. The number of likely N-dealkylation sites (N-methyl/N-ethyl adjacent to an activating group) is 1. The van der Waals surface area contributed by atoms with Crippen molar-refractivity contribution >= 4 is 39.6 Å². The second-order valence-electron chi connectivity index (χ2n) is 15.5. The van der Waals surface area contributed by atoms with E-state index >= 15 is 0 Å². The van der Waals surface area contributed by atoms with E-state index in [9.17, 15) is 18.0 Å². The summed E-state index contributed by atoms with van der Waals surface area (Å²) in [6.07, 6.45) is 5.13. The monoisotopic (exact) mass is 714 g/mol. The van der Waals surface area contributed by atoms with Gasteiger partial charge in [0.05, 0.1) is 17.2 Å². The molecule has 276 valence electrons. The Labute approximate surface area is 303 Å². The number of halogens is 3. The van der Waals surface area contributed by atoms with E-state index < -0.39 is 12.6 Å². The average molecular weight is 715 g/mol. The van der Waals surface area contributed by atoms with Gasteiger partial charge in [-0.15, -0.1) is 0 Å². The highest BCUT2D eigenvalue weighted by molar-refractivity contribution is 6.05. The molecule has 3 saturated heterocycles. The summed E-state index contributed by atoms with van der Waals surface area (Å²) in [6.45, 7) is 11.7. The molecule has 52 heavy (non-hydrogen) atoms. The molecule has 7 rings (SSSR count). The molecular formula is C40H49F3N8O. The lowest BCUT2D eigenvalue weighted by atomic mass is 9.72. The van der Waals surface area contributed by atoms with E-state index in [0.29, 0.717) is 16.9 Å². The highest BCUT2D eigenvalue weighted by Crippen LogP contribution is 2.46. The molecule has 1 amide bonds. The van der Waals surface area contributed by atoms with Crippen LogP contribution < -0.4 is 4.90 Å². The zero-order valence-electron chi connectivity index (χ0n) is 30.7. The Balaban J connectivity index is 1.31. The average Bonchev–Trinajstić information content (AvgIpc) is 3.58. The van der Waals surface area contributed by atoms with Gasteiger partial charge in [-0.1, -0.05) is 24.8 Å². The number of carbonyl (C=O) groups excluding carboxylic acids is 1. The third kappa shape index (κ3) is 7.19. The van der Waals surface area contributed by atoms with Crippen molar-refractivity contribution in [2.75, 3.05) is 71.9 Å². The molecule has 3 aliphatic rings. The van der Waals surface area contributed by atoms with E-state index in [1.165, 1.54) is 0 Å². The molecule has 4 aromatic rings. The van der Waals surface area contributed by atoms with Crippen molar-refractivity contribution in [3.8, 4) is 11.1 Å². The zero-order chi connectivity index (χ0) is 36.8. The number of piperidine rings is 2. The minimum absolute atomic E-state index is 0.0555. The van der Waals surface area contributed by atoms with E-state index in [2.05, 4.69) is 33.6 Å². The molecule has 1 N–H and O–H groups in total. The number of H-pyrrole nitrogens is 1. The van der Waals surface area contributed by atoms with Gasteiger partial charge in [0.15, 0.2) is 0 Å². The van der Waals surface area contributed by atoms with Gasteiger partial charge in [0, 0.05) is 67.3 Å². The highest BCUT2D eigenvalue weighted by Gasteiger charge is 2.46. The van der Waals surface area contributed by atoms with Crippen LogP contribution in [0.4, 0.5) is 19.0 Å². The Morgan fingerprint density at radius 1 is 1.08 bits per heavy atom. The Hall–Kier alpha value is -4.29. The van der Waals surface area contributed by atoms with Crippen molar-refractivity contribution in [2.45, 2.75) is 57.5 Å². The van der Waals surface area contributed by atoms with Crippen molar-refractivity contribution < 1.29 is 18.0 Å². The van der Waals surface area contributed by atoms with Crippen molar-refractivity contribution in [1.29, 1.82) is 0 Å². The molecule has 2 aromatic carbocycles. The van der Waals surface area contributed by atoms with E-state index in [1.807, 2.05) is 55.1 Å². The van der Waals surface area contributed by atoms with E-state index in [1.54, 1.807) is 18.3 Å². The second-order valence-corrected chi connectivity index (χ2v) is 15.5. The van der Waals surface area contributed by atoms with Crippen molar-refractivity contribution in [1.82, 2.24) is 34.9 Å². The molecule has 0 saturated carbocycles. The third-order valence-electron chi connectivity index (χ3n) is 11.4. The molecule has 3 aliphatic heterocycles. The highest BCUT2D eigenvalue weighted by atomic mass is 19.4. The molecule has 0 radical (unpaired) electrons. The third-order valence-corrected chi connectivity index (χ3v) is 11.4. The van der Waals surface area contributed by atoms with Crippen LogP contribution in [0, 0.1) is 12.3 Å². The number of aromatic nitrogens is 4. The number of nitrogens with one attached hydrogen (secondary N) is 1. The van der Waals surface area contributed by atoms with Crippen LogP contribution in [0.3, 0.4) is 0 Å². The van der Waals surface area contributed by atoms with Gasteiger partial charge >= 0.3 is 6.18 Å². The Morgan fingerprint density at radius 3 is 2.48 bits per heavy atom. The molecular weight excluding hydrogens is 665 g/mol. The molecule has 0 atom stereocenters. The van der Waals surface area contributed by atoms with Gasteiger partial charge in [0.1, 0.15) is 11.6 Å². The molecule has 0 aliphatic carbocycles. The number of hydrogen-bond acceptors (Lipinski definition) is 7. The smallest absolute Gasteiger partial charge is 0.356 e. The minimum atomic E-state index is -4.35. The second kappa shape index (κ2) is 14.3. The number of amides is 1. The first-order valence-corrected chi connectivity index (χ1v) is 18.4. The summed E-state index contributed by atoms with van der Waals surface area (Å²) < 4.78 is 42.3. The molecule has 12 heteroatoms. The SMILES string of the molecule is C=Cc1cc2c(N3CCC4(CC3)CN(C(=O)/C=C/CN(C)C)C4)nc(C3CCN(C)CC3)nc2c(CCC(F)(F)F)c1-c1c(C)ccc2[nH]ncc12. The van der Waals surface area contributed by atoms with Crippen LogP contribution >= 0.6 is 0 Å². The number of aromatic amines is 1. The number of aryl methyl sites for hydroxylation is 2. The number of nitrogens with zero attached hydrogens (tertiary/aromatic N) is 7. The molecule has 0 unspecified atom stereocenters. The van der Waals surface area contributed by atoms with Gasteiger partial charge < -0.3 is 19.6 Å². The van der Waals surface area contributed by atoms with Gasteiger partial charge in [0.25, 0.3) is 0 Å². The molecule has 0 bridgehead atoms. The topological polar surface area (TPSA) is 84.5 Å². The summed E-state index contributed by atoms with van der Waals surface area (Å²) >= 11 is 0. The fourth-order valence-corrected chi connectivity index (χ4v) is 8.37. The number of likely N-dealkylation sites (tertiary alicyclic amines) is 2. The standard InChI is InChI=1S/C40H49F3N8O/c1-6-27-22-30-36(29(11-14-40(41,42)43)35(27)34-26(2)9-10-32-31(34)23-44-47-32)45-37(28-12-18-49(5)19-13-28)46-38(30)50-20-15-39(16-21-50)24-51(25-39)33(52)8-7-17-48(3)4/h6-10,22-23,28H,1,11-21,24-25H2,2-5H3,(H,44,47)/b8-7+. The van der Waals surface area contributed by atoms with Crippen LogP contribution in [0.1, 0.15) is 60.5 Å². The molecule has 2 aromatic heterocycles. The van der Waals surface area contributed by atoms with Gasteiger partial charge in [0.2, 0.25) is 5.91 Å². The Kier molecular flexibility index (Phi) is 9.90. The van der Waals surface area contributed by atoms with Crippen molar-refractivity contribution in [3.63, 3.8) is 0 Å². The number of benzene rings is 2. The summed E-state index contributed by atoms with van der Waals surface area (Å²) in [5, 5.41) is 8.93. The summed E-state index contributed by atoms with van der Waals surface area (Å²) in [5.41, 5.74) is 5.32. The summed E-state index contributed by atoms with van der Waals surface area (Å²) in [7, 11) is 6.06. The van der Waals surface area contributed by atoms with Crippen LogP contribution in [-0.2, 0) is 11.2 Å². The lowest BCUT2D eigenvalue weighted by molar-refractivity contribution is -0.139. The van der Waals surface area contributed by atoms with Gasteiger partial charge in [-0.05, 0) is 113 Å². The maximum Gasteiger partial charge on any atom is 0.389 e. The zero-order valence-corrected chi connectivity index (χ0v) is 30.7. The Bertz CT molecular complexity index is 1990. The molecule has 3 fully saturated rings. The first-order chi connectivity index (χ1) is 24.8. The van der Waals surface area contributed by atoms with E-state index in [0.717, 1.165) is 116 Å². The minimum Gasteiger partial charge on any atom is -0.356 e. The maximum absolute atomic E-state index is 14.1. The van der Waals surface area contributed by atoms with Crippen molar-refractivity contribution in [3.05, 3.63) is 65.6 Å². The van der Waals surface area contributed by atoms with Gasteiger partial charge in [-0.2, -0.15) is 18.3 Å². The van der Waals surface area contributed by atoms with E-state index in [-0.39, 0.29) is 23.7 Å². The fraction of sp³-hybridized carbons (Fsp3) is 0.500. The largest absolute Gasteiger partial charge is 0.389 e. The molecule has 9 nitrogen and oxygen atoms in total. The number of anilines is 1.